The highest BCUT2D eigenvalue weighted by molar-refractivity contribution is 5.73. The minimum atomic E-state index is 0.0387. The van der Waals surface area contributed by atoms with Gasteiger partial charge in [-0.3, -0.25) is 0 Å². The van der Waals surface area contributed by atoms with Crippen molar-refractivity contribution in [2.75, 3.05) is 7.05 Å². The van der Waals surface area contributed by atoms with Gasteiger partial charge in [-0.1, -0.05) is 6.07 Å². The molecule has 3 rings (SSSR count). The standard InChI is InChI=1S/C24H36N6O/c1-23(2)12-17(13-24(3,4)28-23)30(6)22(26)10-9-19(25)18-8-7-16(11-21(18)31)20-14-29(5)15-27-20/h7-11,14-15,17,28,31H,12-13,25-26H2,1-6H3/b19-9-,22-10+. The molecule has 0 saturated carbocycles. The molecule has 0 unspecified atom stereocenters. The van der Waals surface area contributed by atoms with Crippen LogP contribution in [0.1, 0.15) is 46.1 Å². The van der Waals surface area contributed by atoms with Gasteiger partial charge in [0, 0.05) is 54.2 Å². The summed E-state index contributed by atoms with van der Waals surface area (Å²) in [6, 6.07) is 5.70. The van der Waals surface area contributed by atoms with Crippen LogP contribution >= 0.6 is 0 Å². The van der Waals surface area contributed by atoms with Gasteiger partial charge in [-0.25, -0.2) is 4.98 Å². The summed E-state index contributed by atoms with van der Waals surface area (Å²) in [5, 5.41) is 14.2. The van der Waals surface area contributed by atoms with Gasteiger partial charge in [-0.05, 0) is 64.8 Å². The normalized spacial score (nSPS) is 19.4. The number of piperidine rings is 1. The molecule has 1 aliphatic heterocycles. The highest BCUT2D eigenvalue weighted by Crippen LogP contribution is 2.32. The Kier molecular flexibility index (Phi) is 6.09. The van der Waals surface area contributed by atoms with Crippen LogP contribution in [0.3, 0.4) is 0 Å². The Morgan fingerprint density at radius 3 is 2.39 bits per heavy atom. The smallest absolute Gasteiger partial charge is 0.125 e. The minimum absolute atomic E-state index is 0.0387. The Morgan fingerprint density at radius 2 is 1.84 bits per heavy atom. The highest BCUT2D eigenvalue weighted by Gasteiger charge is 2.39. The zero-order chi connectivity index (χ0) is 23.0. The number of aryl methyl sites for hydroxylation is 1. The molecule has 0 aliphatic carbocycles. The quantitative estimate of drug-likeness (QED) is 0.550. The maximum Gasteiger partial charge on any atom is 0.125 e. The van der Waals surface area contributed by atoms with Crippen molar-refractivity contribution >= 4 is 5.70 Å². The van der Waals surface area contributed by atoms with Crippen molar-refractivity contribution in [1.82, 2.24) is 19.8 Å². The van der Waals surface area contributed by atoms with Crippen molar-refractivity contribution in [1.29, 1.82) is 0 Å². The lowest BCUT2D eigenvalue weighted by molar-refractivity contribution is 0.0981. The molecule has 1 aromatic carbocycles. The summed E-state index contributed by atoms with van der Waals surface area (Å²) >= 11 is 0. The van der Waals surface area contributed by atoms with E-state index in [1.807, 2.05) is 37.0 Å². The molecule has 0 bridgehead atoms. The number of rotatable bonds is 5. The molecular weight excluding hydrogens is 388 g/mol. The largest absolute Gasteiger partial charge is 0.507 e. The second kappa shape index (κ2) is 8.30. The van der Waals surface area contributed by atoms with Gasteiger partial charge in [-0.2, -0.15) is 0 Å². The van der Waals surface area contributed by atoms with Crippen LogP contribution < -0.4 is 16.8 Å². The maximum atomic E-state index is 10.5. The van der Waals surface area contributed by atoms with E-state index in [-0.39, 0.29) is 16.8 Å². The highest BCUT2D eigenvalue weighted by atomic mass is 16.3. The van der Waals surface area contributed by atoms with Gasteiger partial charge in [0.2, 0.25) is 0 Å². The zero-order valence-electron chi connectivity index (χ0n) is 19.5. The number of hydrogen-bond donors (Lipinski definition) is 4. The first-order chi connectivity index (χ1) is 14.4. The van der Waals surface area contributed by atoms with Gasteiger partial charge in [0.25, 0.3) is 0 Å². The first-order valence-electron chi connectivity index (χ1n) is 10.6. The SMILES string of the molecule is CN(/C(N)=C/C=C(\N)c1ccc(-c2cn(C)cn2)cc1O)C1CC(C)(C)NC(C)(C)C1. The molecule has 0 spiro atoms. The van der Waals surface area contributed by atoms with Gasteiger partial charge >= 0.3 is 0 Å². The molecule has 0 amide bonds. The van der Waals surface area contributed by atoms with E-state index >= 15 is 0 Å². The number of aromatic nitrogens is 2. The van der Waals surface area contributed by atoms with E-state index < -0.39 is 0 Å². The zero-order valence-corrected chi connectivity index (χ0v) is 19.5. The molecule has 0 radical (unpaired) electrons. The second-order valence-corrected chi connectivity index (χ2v) is 9.94. The Balaban J connectivity index is 1.76. The molecule has 168 valence electrons. The van der Waals surface area contributed by atoms with Crippen molar-refractivity contribution in [3.63, 3.8) is 0 Å². The average Bonchev–Trinajstić information content (AvgIpc) is 3.09. The van der Waals surface area contributed by atoms with Gasteiger partial charge in [-0.15, -0.1) is 0 Å². The van der Waals surface area contributed by atoms with Crippen LogP contribution in [0.2, 0.25) is 0 Å². The van der Waals surface area contributed by atoms with Gasteiger partial charge in [0.05, 0.1) is 17.8 Å². The molecule has 2 aromatic rings. The Morgan fingerprint density at radius 1 is 1.19 bits per heavy atom. The maximum absolute atomic E-state index is 10.5. The third-order valence-corrected chi connectivity index (χ3v) is 5.87. The molecular formula is C24H36N6O. The van der Waals surface area contributed by atoms with Crippen LogP contribution in [0.4, 0.5) is 0 Å². The summed E-state index contributed by atoms with van der Waals surface area (Å²) in [6.07, 6.45) is 9.18. The molecule has 2 heterocycles. The number of nitrogens with two attached hydrogens (primary N) is 2. The van der Waals surface area contributed by atoms with E-state index in [0.29, 0.717) is 23.1 Å². The lowest BCUT2D eigenvalue weighted by Crippen LogP contribution is -2.61. The van der Waals surface area contributed by atoms with Crippen molar-refractivity contribution in [2.24, 2.45) is 18.5 Å². The topological polar surface area (TPSA) is 105 Å². The summed E-state index contributed by atoms with van der Waals surface area (Å²) < 4.78 is 1.86. The lowest BCUT2D eigenvalue weighted by atomic mass is 9.79. The third-order valence-electron chi connectivity index (χ3n) is 5.87. The van der Waals surface area contributed by atoms with Crippen molar-refractivity contribution in [2.45, 2.75) is 57.7 Å². The van der Waals surface area contributed by atoms with Crippen LogP contribution in [-0.2, 0) is 7.05 Å². The molecule has 1 fully saturated rings. The Bertz CT molecular complexity index is 985. The molecule has 7 heteroatoms. The summed E-state index contributed by atoms with van der Waals surface area (Å²) in [5.41, 5.74) is 15.4. The number of hydrogen-bond acceptors (Lipinski definition) is 6. The fourth-order valence-electron chi connectivity index (χ4n) is 4.63. The molecule has 1 aromatic heterocycles. The van der Waals surface area contributed by atoms with Gasteiger partial charge in [0.1, 0.15) is 5.75 Å². The Hall–Kier alpha value is -2.93. The summed E-state index contributed by atoms with van der Waals surface area (Å²) in [6.45, 7) is 8.90. The van der Waals surface area contributed by atoms with E-state index in [1.54, 1.807) is 24.5 Å². The van der Waals surface area contributed by atoms with E-state index in [9.17, 15) is 5.11 Å². The number of nitrogens with zero attached hydrogens (tertiary/aromatic N) is 3. The number of allylic oxidation sites excluding steroid dienone is 2. The molecule has 1 aliphatic rings. The van der Waals surface area contributed by atoms with Crippen molar-refractivity contribution in [3.8, 4) is 17.0 Å². The molecule has 31 heavy (non-hydrogen) atoms. The second-order valence-electron chi connectivity index (χ2n) is 9.94. The third kappa shape index (κ3) is 5.41. The average molecular weight is 425 g/mol. The monoisotopic (exact) mass is 424 g/mol. The predicted octanol–water partition coefficient (Wildman–Crippen LogP) is 3.13. The van der Waals surface area contributed by atoms with Crippen LogP contribution in [0.25, 0.3) is 17.0 Å². The summed E-state index contributed by atoms with van der Waals surface area (Å²) in [7, 11) is 3.93. The van der Waals surface area contributed by atoms with E-state index in [4.69, 9.17) is 11.5 Å². The molecule has 0 atom stereocenters. The molecule has 1 saturated heterocycles. The predicted molar refractivity (Wildman–Crippen MR) is 127 cm³/mol. The minimum Gasteiger partial charge on any atom is -0.507 e. The number of benzene rings is 1. The van der Waals surface area contributed by atoms with Gasteiger partial charge < -0.3 is 31.4 Å². The number of phenols is 1. The van der Waals surface area contributed by atoms with Crippen LogP contribution in [0.5, 0.6) is 5.75 Å². The first-order valence-corrected chi connectivity index (χ1v) is 10.6. The fraction of sp³-hybridized carbons (Fsp3) is 0.458. The number of imidazole rings is 1. The summed E-state index contributed by atoms with van der Waals surface area (Å²) in [5.74, 6) is 0.755. The van der Waals surface area contributed by atoms with E-state index in [0.717, 1.165) is 24.1 Å². The fourth-order valence-corrected chi connectivity index (χ4v) is 4.63. The first kappa shape index (κ1) is 22.7. The van der Waals surface area contributed by atoms with Crippen molar-refractivity contribution < 1.29 is 5.11 Å². The number of phenolic OH excluding ortho intramolecular Hbond substituents is 1. The van der Waals surface area contributed by atoms with Gasteiger partial charge in [0.15, 0.2) is 0 Å². The van der Waals surface area contributed by atoms with Crippen LogP contribution in [-0.4, -0.2) is 43.7 Å². The van der Waals surface area contributed by atoms with E-state index in [2.05, 4.69) is 42.9 Å². The summed E-state index contributed by atoms with van der Waals surface area (Å²) in [4.78, 5) is 6.44. The number of aromatic hydroxyl groups is 1. The van der Waals surface area contributed by atoms with Crippen molar-refractivity contribution in [3.05, 3.63) is 54.3 Å². The number of nitrogens with one attached hydrogen (secondary N) is 1. The molecule has 6 N–H and O–H groups in total. The van der Waals surface area contributed by atoms with E-state index in [1.165, 1.54) is 0 Å². The lowest BCUT2D eigenvalue weighted by Gasteiger charge is -2.49. The Labute approximate surface area is 185 Å². The van der Waals surface area contributed by atoms with Crippen LogP contribution in [0, 0.1) is 0 Å². The van der Waals surface area contributed by atoms with Crippen LogP contribution in [0.15, 0.2) is 48.7 Å². The molecule has 7 nitrogen and oxygen atoms in total.